The fourth-order valence-corrected chi connectivity index (χ4v) is 3.72. The summed E-state index contributed by atoms with van der Waals surface area (Å²) in [5.41, 5.74) is 3.18. The van der Waals surface area contributed by atoms with Crippen molar-refractivity contribution in [2.75, 3.05) is 0 Å². The summed E-state index contributed by atoms with van der Waals surface area (Å²) in [5, 5.41) is 0. The van der Waals surface area contributed by atoms with Crippen LogP contribution in [0.15, 0.2) is 28.7 Å². The molecule has 3 heteroatoms. The summed E-state index contributed by atoms with van der Waals surface area (Å²) in [6, 6.07) is 8.27. The molecular weight excluding hydrogens is 298 g/mol. The molecule has 2 aromatic rings. The summed E-state index contributed by atoms with van der Waals surface area (Å²) in [6.07, 6.45) is 8.04. The number of aromatic nitrogens is 1. The van der Waals surface area contributed by atoms with Crippen LogP contribution in [0.25, 0.3) is 11.5 Å². The highest BCUT2D eigenvalue weighted by molar-refractivity contribution is 5.54. The number of hydrogen-bond acceptors (Lipinski definition) is 3. The summed E-state index contributed by atoms with van der Waals surface area (Å²) in [5.74, 6) is 2.41. The van der Waals surface area contributed by atoms with Crippen LogP contribution >= 0.6 is 0 Å². The Hall–Kier alpha value is -1.61. The lowest BCUT2D eigenvalue weighted by Crippen LogP contribution is -2.23. The second-order valence-electron chi connectivity index (χ2n) is 7.15. The van der Waals surface area contributed by atoms with Gasteiger partial charge in [-0.3, -0.25) is 0 Å². The van der Waals surface area contributed by atoms with Gasteiger partial charge in [-0.2, -0.15) is 0 Å². The van der Waals surface area contributed by atoms with Crippen molar-refractivity contribution in [3.63, 3.8) is 0 Å². The van der Waals surface area contributed by atoms with E-state index in [1.165, 1.54) is 44.1 Å². The third-order valence-corrected chi connectivity index (χ3v) is 5.05. The van der Waals surface area contributed by atoms with Gasteiger partial charge in [0.2, 0.25) is 5.89 Å². The molecule has 1 aromatic carbocycles. The quantitative estimate of drug-likeness (QED) is 0.669. The zero-order valence-electron chi connectivity index (χ0n) is 15.2. The van der Waals surface area contributed by atoms with Crippen LogP contribution in [0.2, 0.25) is 0 Å². The zero-order valence-corrected chi connectivity index (χ0v) is 15.2. The van der Waals surface area contributed by atoms with E-state index in [2.05, 4.69) is 31.0 Å². The highest BCUT2D eigenvalue weighted by Crippen LogP contribution is 2.30. The van der Waals surface area contributed by atoms with Crippen molar-refractivity contribution in [1.82, 2.24) is 4.98 Å². The molecule has 0 radical (unpaired) electrons. The number of ether oxygens (including phenoxy) is 1. The Kier molecular flexibility index (Phi) is 5.72. The Morgan fingerprint density at radius 1 is 1.25 bits per heavy atom. The van der Waals surface area contributed by atoms with Crippen molar-refractivity contribution in [2.24, 2.45) is 5.92 Å². The standard InChI is InChI=1S/C21H29NO2/c1-4-7-17-9-6-11-19(13-17)23-14-20-16(3)24-21(22-20)18-10-5-8-15(2)12-18/h5,8,10,12,17,19H,4,6-7,9,11,13-14H2,1-3H3. The minimum Gasteiger partial charge on any atom is -0.441 e. The number of rotatable bonds is 6. The van der Waals surface area contributed by atoms with Crippen LogP contribution in [0.1, 0.15) is 62.5 Å². The van der Waals surface area contributed by atoms with Gasteiger partial charge in [0.25, 0.3) is 0 Å². The van der Waals surface area contributed by atoms with Crippen LogP contribution in [0.4, 0.5) is 0 Å². The number of oxazole rings is 1. The van der Waals surface area contributed by atoms with Crippen molar-refractivity contribution < 1.29 is 9.15 Å². The van der Waals surface area contributed by atoms with Crippen LogP contribution in [0.5, 0.6) is 0 Å². The summed E-state index contributed by atoms with van der Waals surface area (Å²) in [6.45, 7) is 6.89. The van der Waals surface area contributed by atoms with Crippen molar-refractivity contribution >= 4 is 0 Å². The lowest BCUT2D eigenvalue weighted by Gasteiger charge is -2.28. The van der Waals surface area contributed by atoms with Gasteiger partial charge in [-0.1, -0.05) is 50.3 Å². The summed E-state index contributed by atoms with van der Waals surface area (Å²) in [7, 11) is 0. The summed E-state index contributed by atoms with van der Waals surface area (Å²) < 4.78 is 12.0. The van der Waals surface area contributed by atoms with Crippen LogP contribution < -0.4 is 0 Å². The smallest absolute Gasteiger partial charge is 0.226 e. The summed E-state index contributed by atoms with van der Waals surface area (Å²) >= 11 is 0. The molecule has 1 heterocycles. The Morgan fingerprint density at radius 2 is 2.12 bits per heavy atom. The maximum Gasteiger partial charge on any atom is 0.226 e. The van der Waals surface area contributed by atoms with Crippen LogP contribution in [-0.2, 0) is 11.3 Å². The SMILES string of the molecule is CCCC1CCCC(OCc2nc(-c3cccc(C)c3)oc2C)C1. The normalized spacial score (nSPS) is 21.1. The van der Waals surface area contributed by atoms with Gasteiger partial charge in [0.1, 0.15) is 11.5 Å². The van der Waals surface area contributed by atoms with Gasteiger partial charge in [0.05, 0.1) is 12.7 Å². The fraction of sp³-hybridized carbons (Fsp3) is 0.571. The number of benzene rings is 1. The molecule has 0 spiro atoms. The average molecular weight is 327 g/mol. The van der Waals surface area contributed by atoms with E-state index in [4.69, 9.17) is 9.15 Å². The molecule has 2 unspecified atom stereocenters. The predicted molar refractivity (Wildman–Crippen MR) is 96.9 cm³/mol. The molecule has 0 amide bonds. The third-order valence-electron chi connectivity index (χ3n) is 5.05. The molecule has 130 valence electrons. The molecule has 0 N–H and O–H groups in total. The molecule has 0 aliphatic heterocycles. The molecule has 0 bridgehead atoms. The molecule has 3 nitrogen and oxygen atoms in total. The molecular formula is C21H29NO2. The van der Waals surface area contributed by atoms with E-state index in [1.807, 2.05) is 19.1 Å². The topological polar surface area (TPSA) is 35.3 Å². The van der Waals surface area contributed by atoms with Crippen LogP contribution in [0.3, 0.4) is 0 Å². The third kappa shape index (κ3) is 4.27. The molecule has 24 heavy (non-hydrogen) atoms. The Bertz CT molecular complexity index is 660. The number of aryl methyl sites for hydroxylation is 2. The van der Waals surface area contributed by atoms with Gasteiger partial charge in [-0.25, -0.2) is 4.98 Å². The van der Waals surface area contributed by atoms with E-state index in [0.29, 0.717) is 18.6 Å². The number of nitrogens with zero attached hydrogens (tertiary/aromatic N) is 1. The monoisotopic (exact) mass is 327 g/mol. The van der Waals surface area contributed by atoms with Gasteiger partial charge in [-0.15, -0.1) is 0 Å². The lowest BCUT2D eigenvalue weighted by atomic mass is 9.84. The van der Waals surface area contributed by atoms with Crippen molar-refractivity contribution in [1.29, 1.82) is 0 Å². The maximum atomic E-state index is 6.18. The second-order valence-corrected chi connectivity index (χ2v) is 7.15. The molecule has 1 aliphatic carbocycles. The molecule has 1 saturated carbocycles. The van der Waals surface area contributed by atoms with Gasteiger partial charge >= 0.3 is 0 Å². The van der Waals surface area contributed by atoms with E-state index in [1.54, 1.807) is 0 Å². The minimum atomic E-state index is 0.383. The van der Waals surface area contributed by atoms with E-state index >= 15 is 0 Å². The van der Waals surface area contributed by atoms with E-state index < -0.39 is 0 Å². The van der Waals surface area contributed by atoms with Gasteiger partial charge in [0.15, 0.2) is 0 Å². The molecule has 1 aliphatic rings. The highest BCUT2D eigenvalue weighted by Gasteiger charge is 2.22. The zero-order chi connectivity index (χ0) is 16.9. The summed E-state index contributed by atoms with van der Waals surface area (Å²) in [4.78, 5) is 4.67. The average Bonchev–Trinajstić information content (AvgIpc) is 2.95. The minimum absolute atomic E-state index is 0.383. The first kappa shape index (κ1) is 17.2. The van der Waals surface area contributed by atoms with Gasteiger partial charge in [-0.05, 0) is 44.7 Å². The molecule has 1 fully saturated rings. The van der Waals surface area contributed by atoms with E-state index in [0.717, 1.165) is 22.9 Å². The van der Waals surface area contributed by atoms with Gasteiger partial charge < -0.3 is 9.15 Å². The predicted octanol–water partition coefficient (Wildman–Crippen LogP) is 5.83. The Labute approximate surface area is 145 Å². The molecule has 2 atom stereocenters. The first-order valence-corrected chi connectivity index (χ1v) is 9.30. The van der Waals surface area contributed by atoms with Crippen LogP contribution in [-0.4, -0.2) is 11.1 Å². The van der Waals surface area contributed by atoms with Crippen molar-refractivity contribution in [2.45, 2.75) is 72.0 Å². The molecule has 0 saturated heterocycles. The van der Waals surface area contributed by atoms with E-state index in [-0.39, 0.29) is 0 Å². The first-order chi connectivity index (χ1) is 11.7. The number of hydrogen-bond donors (Lipinski definition) is 0. The maximum absolute atomic E-state index is 6.18. The lowest BCUT2D eigenvalue weighted by molar-refractivity contribution is -0.000631. The van der Waals surface area contributed by atoms with E-state index in [9.17, 15) is 0 Å². The molecule has 1 aromatic heterocycles. The van der Waals surface area contributed by atoms with Crippen molar-refractivity contribution in [3.8, 4) is 11.5 Å². The van der Waals surface area contributed by atoms with Crippen molar-refractivity contribution in [3.05, 3.63) is 41.3 Å². The first-order valence-electron chi connectivity index (χ1n) is 9.30. The van der Waals surface area contributed by atoms with Gasteiger partial charge in [0, 0.05) is 5.56 Å². The fourth-order valence-electron chi connectivity index (χ4n) is 3.72. The largest absolute Gasteiger partial charge is 0.441 e. The second kappa shape index (κ2) is 7.98. The molecule has 3 rings (SSSR count). The Balaban J connectivity index is 1.62. The Morgan fingerprint density at radius 3 is 2.92 bits per heavy atom. The highest BCUT2D eigenvalue weighted by atomic mass is 16.5. The van der Waals surface area contributed by atoms with Crippen LogP contribution in [0, 0.1) is 19.8 Å².